The van der Waals surface area contributed by atoms with Gasteiger partial charge in [-0.1, -0.05) is 12.1 Å². The number of carbonyl (C=O) groups is 1. The number of piperidine rings is 1. The molecule has 5 nitrogen and oxygen atoms in total. The zero-order valence-corrected chi connectivity index (χ0v) is 16.2. The van der Waals surface area contributed by atoms with Crippen molar-refractivity contribution in [2.75, 3.05) is 19.7 Å². The number of esters is 1. The standard InChI is InChI=1S/C21H28FN3O2/c1-3-25-13-10-23-19(25)16-24-11-8-21(9-12-24,20(26)27-4-2)15-17-6-5-7-18(22)14-17/h5-7,10,13-14H,3-4,8-9,11-12,15-16H2,1-2H3. The molecule has 1 fully saturated rings. The first-order valence-corrected chi connectivity index (χ1v) is 9.70. The molecule has 3 rings (SSSR count). The van der Waals surface area contributed by atoms with Crippen molar-refractivity contribution in [3.8, 4) is 0 Å². The summed E-state index contributed by atoms with van der Waals surface area (Å²) in [6.45, 7) is 7.56. The van der Waals surface area contributed by atoms with Crippen LogP contribution in [0, 0.1) is 11.2 Å². The molecule has 1 aromatic carbocycles. The molecule has 146 valence electrons. The Morgan fingerprint density at radius 3 is 2.74 bits per heavy atom. The minimum atomic E-state index is -0.583. The van der Waals surface area contributed by atoms with Gasteiger partial charge in [-0.25, -0.2) is 9.37 Å². The summed E-state index contributed by atoms with van der Waals surface area (Å²) in [5, 5.41) is 0. The minimum Gasteiger partial charge on any atom is -0.466 e. The van der Waals surface area contributed by atoms with E-state index in [0.29, 0.717) is 25.9 Å². The van der Waals surface area contributed by atoms with E-state index < -0.39 is 5.41 Å². The van der Waals surface area contributed by atoms with Gasteiger partial charge in [-0.2, -0.15) is 0 Å². The van der Waals surface area contributed by atoms with Crippen LogP contribution in [0.5, 0.6) is 0 Å². The third-order valence-corrected chi connectivity index (χ3v) is 5.46. The Kier molecular flexibility index (Phi) is 6.26. The number of hydrogen-bond donors (Lipinski definition) is 0. The molecule has 2 heterocycles. The first-order valence-electron chi connectivity index (χ1n) is 9.70. The van der Waals surface area contributed by atoms with Crippen molar-refractivity contribution in [1.82, 2.24) is 14.5 Å². The predicted octanol–water partition coefficient (Wildman–Crippen LogP) is 3.43. The maximum absolute atomic E-state index is 13.6. The fourth-order valence-electron chi connectivity index (χ4n) is 3.89. The number of ether oxygens (including phenoxy) is 1. The highest BCUT2D eigenvalue weighted by Gasteiger charge is 2.42. The van der Waals surface area contributed by atoms with Crippen LogP contribution >= 0.6 is 0 Å². The van der Waals surface area contributed by atoms with E-state index in [1.165, 1.54) is 12.1 Å². The van der Waals surface area contributed by atoms with E-state index >= 15 is 0 Å². The molecule has 0 atom stereocenters. The SMILES string of the molecule is CCOC(=O)C1(Cc2cccc(F)c2)CCN(Cc2nccn2CC)CC1. The molecule has 0 aliphatic carbocycles. The zero-order chi connectivity index (χ0) is 19.3. The molecule has 0 radical (unpaired) electrons. The molecule has 1 saturated heterocycles. The lowest BCUT2D eigenvalue weighted by atomic mass is 9.73. The van der Waals surface area contributed by atoms with E-state index in [1.807, 2.05) is 25.4 Å². The fourth-order valence-corrected chi connectivity index (χ4v) is 3.89. The highest BCUT2D eigenvalue weighted by molar-refractivity contribution is 5.77. The number of hydrogen-bond acceptors (Lipinski definition) is 4. The second-order valence-corrected chi connectivity index (χ2v) is 7.21. The molecule has 0 unspecified atom stereocenters. The number of benzene rings is 1. The van der Waals surface area contributed by atoms with E-state index in [1.54, 1.807) is 6.07 Å². The molecule has 1 aliphatic heterocycles. The van der Waals surface area contributed by atoms with Gasteiger partial charge in [-0.05, 0) is 63.9 Å². The summed E-state index contributed by atoms with van der Waals surface area (Å²) in [6.07, 6.45) is 5.74. The highest BCUT2D eigenvalue weighted by Crippen LogP contribution is 2.37. The van der Waals surface area contributed by atoms with Gasteiger partial charge < -0.3 is 9.30 Å². The van der Waals surface area contributed by atoms with Gasteiger partial charge in [0, 0.05) is 18.9 Å². The topological polar surface area (TPSA) is 47.4 Å². The highest BCUT2D eigenvalue weighted by atomic mass is 19.1. The monoisotopic (exact) mass is 373 g/mol. The number of likely N-dealkylation sites (tertiary alicyclic amines) is 1. The van der Waals surface area contributed by atoms with E-state index in [9.17, 15) is 9.18 Å². The van der Waals surface area contributed by atoms with Gasteiger partial charge in [-0.3, -0.25) is 9.69 Å². The van der Waals surface area contributed by atoms with Crippen LogP contribution in [-0.2, 0) is 29.0 Å². The number of aromatic nitrogens is 2. The van der Waals surface area contributed by atoms with Crippen LogP contribution in [0.25, 0.3) is 0 Å². The number of aryl methyl sites for hydroxylation is 1. The summed E-state index contributed by atoms with van der Waals surface area (Å²) in [7, 11) is 0. The number of imidazole rings is 1. The maximum Gasteiger partial charge on any atom is 0.312 e. The van der Waals surface area contributed by atoms with Crippen LogP contribution in [0.4, 0.5) is 4.39 Å². The molecular weight excluding hydrogens is 345 g/mol. The molecule has 2 aromatic rings. The lowest BCUT2D eigenvalue weighted by Crippen LogP contribution is -2.46. The summed E-state index contributed by atoms with van der Waals surface area (Å²) in [5.41, 5.74) is 0.263. The molecule has 0 bridgehead atoms. The Morgan fingerprint density at radius 2 is 2.07 bits per heavy atom. The van der Waals surface area contributed by atoms with Crippen molar-refractivity contribution in [2.45, 2.75) is 46.2 Å². The largest absolute Gasteiger partial charge is 0.466 e. The Balaban J connectivity index is 1.71. The number of carbonyl (C=O) groups excluding carboxylic acids is 1. The number of rotatable bonds is 7. The Labute approximate surface area is 160 Å². The number of halogens is 1. The van der Waals surface area contributed by atoms with Crippen LogP contribution in [0.3, 0.4) is 0 Å². The van der Waals surface area contributed by atoms with Gasteiger partial charge in [0.2, 0.25) is 0 Å². The second-order valence-electron chi connectivity index (χ2n) is 7.21. The van der Waals surface area contributed by atoms with Crippen LogP contribution in [0.2, 0.25) is 0 Å². The fraction of sp³-hybridized carbons (Fsp3) is 0.524. The normalized spacial score (nSPS) is 17.0. The predicted molar refractivity (Wildman–Crippen MR) is 102 cm³/mol. The third kappa shape index (κ3) is 4.56. The number of nitrogens with zero attached hydrogens (tertiary/aromatic N) is 3. The molecule has 6 heteroatoms. The van der Waals surface area contributed by atoms with Gasteiger partial charge in [0.25, 0.3) is 0 Å². The quantitative estimate of drug-likeness (QED) is 0.698. The average molecular weight is 373 g/mol. The molecule has 1 aromatic heterocycles. The van der Waals surface area contributed by atoms with Crippen LogP contribution < -0.4 is 0 Å². The van der Waals surface area contributed by atoms with Crippen LogP contribution in [-0.4, -0.2) is 40.1 Å². The molecule has 0 saturated carbocycles. The van der Waals surface area contributed by atoms with Gasteiger partial charge in [0.15, 0.2) is 0 Å². The summed E-state index contributed by atoms with van der Waals surface area (Å²) in [4.78, 5) is 19.6. The first-order chi connectivity index (χ1) is 13.1. The summed E-state index contributed by atoms with van der Waals surface area (Å²) < 4.78 is 21.1. The molecule has 1 aliphatic rings. The van der Waals surface area contributed by atoms with Crippen LogP contribution in [0.1, 0.15) is 38.1 Å². The minimum absolute atomic E-state index is 0.163. The van der Waals surface area contributed by atoms with Gasteiger partial charge in [0.05, 0.1) is 18.6 Å². The summed E-state index contributed by atoms with van der Waals surface area (Å²) in [6, 6.07) is 6.53. The third-order valence-electron chi connectivity index (χ3n) is 5.46. The Hall–Kier alpha value is -2.21. The summed E-state index contributed by atoms with van der Waals surface area (Å²) in [5.74, 6) is 0.616. The van der Waals surface area contributed by atoms with E-state index in [-0.39, 0.29) is 11.8 Å². The molecule has 0 N–H and O–H groups in total. The molecule has 0 spiro atoms. The smallest absolute Gasteiger partial charge is 0.312 e. The first kappa shape index (κ1) is 19.5. The Bertz CT molecular complexity index is 766. The van der Waals surface area contributed by atoms with Crippen molar-refractivity contribution in [1.29, 1.82) is 0 Å². The molecule has 27 heavy (non-hydrogen) atoms. The van der Waals surface area contributed by atoms with E-state index in [4.69, 9.17) is 4.74 Å². The zero-order valence-electron chi connectivity index (χ0n) is 16.2. The molecular formula is C21H28FN3O2. The summed E-state index contributed by atoms with van der Waals surface area (Å²) >= 11 is 0. The van der Waals surface area contributed by atoms with Gasteiger partial charge in [0.1, 0.15) is 11.6 Å². The lowest BCUT2D eigenvalue weighted by molar-refractivity contribution is -0.158. The molecule has 0 amide bonds. The second kappa shape index (κ2) is 8.65. The van der Waals surface area contributed by atoms with Crippen molar-refractivity contribution in [2.24, 2.45) is 5.41 Å². The van der Waals surface area contributed by atoms with Gasteiger partial charge in [-0.15, -0.1) is 0 Å². The van der Waals surface area contributed by atoms with Crippen molar-refractivity contribution >= 4 is 5.97 Å². The Morgan fingerprint density at radius 1 is 1.30 bits per heavy atom. The van der Waals surface area contributed by atoms with Crippen LogP contribution in [0.15, 0.2) is 36.7 Å². The average Bonchev–Trinajstić information content (AvgIpc) is 3.11. The lowest BCUT2D eigenvalue weighted by Gasteiger charge is -2.40. The van der Waals surface area contributed by atoms with Gasteiger partial charge >= 0.3 is 5.97 Å². The van der Waals surface area contributed by atoms with Crippen molar-refractivity contribution in [3.05, 3.63) is 53.9 Å². The van der Waals surface area contributed by atoms with E-state index in [0.717, 1.165) is 37.6 Å². The van der Waals surface area contributed by atoms with Crippen molar-refractivity contribution < 1.29 is 13.9 Å². The van der Waals surface area contributed by atoms with Crippen molar-refractivity contribution in [3.63, 3.8) is 0 Å². The van der Waals surface area contributed by atoms with E-state index in [2.05, 4.69) is 21.4 Å². The maximum atomic E-state index is 13.6.